The van der Waals surface area contributed by atoms with Gasteiger partial charge in [-0.25, -0.2) is 4.39 Å². The SMILES string of the molecule is CC(C(=O)N[C@]1(c2ccccc2)CC[C@@H](N(CCO)CC(=O)Nc2ccc(F)cc2)CC1)c1cc(C(F)(F)F)cc(C(F)(F)F)c1. The number of aliphatic hydroxyl groups excluding tert-OH is 1. The molecule has 3 N–H and O–H groups in total. The van der Waals surface area contributed by atoms with Crippen molar-refractivity contribution < 1.29 is 45.4 Å². The number of carbonyl (C=O) groups is 2. The van der Waals surface area contributed by atoms with Gasteiger partial charge in [0.2, 0.25) is 11.8 Å². The lowest BCUT2D eigenvalue weighted by molar-refractivity contribution is -0.143. The Bertz CT molecular complexity index is 1450. The maximum atomic E-state index is 13.6. The van der Waals surface area contributed by atoms with Crippen LogP contribution >= 0.6 is 0 Å². The molecule has 1 aliphatic rings. The highest BCUT2D eigenvalue weighted by atomic mass is 19.4. The Morgan fingerprint density at radius 1 is 0.913 bits per heavy atom. The van der Waals surface area contributed by atoms with Crippen LogP contribution in [0.25, 0.3) is 0 Å². The Kier molecular flexibility index (Phi) is 10.8. The summed E-state index contributed by atoms with van der Waals surface area (Å²) in [4.78, 5) is 28.2. The summed E-state index contributed by atoms with van der Waals surface area (Å²) in [5, 5.41) is 15.3. The van der Waals surface area contributed by atoms with Crippen LogP contribution in [-0.4, -0.2) is 47.6 Å². The van der Waals surface area contributed by atoms with Crippen molar-refractivity contribution in [1.29, 1.82) is 0 Å². The van der Waals surface area contributed by atoms with Crippen LogP contribution < -0.4 is 10.6 Å². The Labute approximate surface area is 261 Å². The molecule has 0 saturated heterocycles. The summed E-state index contributed by atoms with van der Waals surface area (Å²) in [5.74, 6) is -2.91. The quantitative estimate of drug-likeness (QED) is 0.209. The lowest BCUT2D eigenvalue weighted by Gasteiger charge is -2.44. The van der Waals surface area contributed by atoms with Gasteiger partial charge < -0.3 is 15.7 Å². The number of nitrogens with zero attached hydrogens (tertiary/aromatic N) is 1. The largest absolute Gasteiger partial charge is 0.416 e. The summed E-state index contributed by atoms with van der Waals surface area (Å²) < 4.78 is 94.2. The molecular weight excluding hydrogens is 619 g/mol. The van der Waals surface area contributed by atoms with E-state index >= 15 is 0 Å². The van der Waals surface area contributed by atoms with Gasteiger partial charge in [0.05, 0.1) is 35.7 Å². The maximum absolute atomic E-state index is 13.6. The monoisotopic (exact) mass is 653 g/mol. The second-order valence-corrected chi connectivity index (χ2v) is 11.5. The van der Waals surface area contributed by atoms with Crippen LogP contribution in [0, 0.1) is 5.82 Å². The van der Waals surface area contributed by atoms with E-state index in [1.165, 1.54) is 31.2 Å². The minimum absolute atomic E-state index is 0.0267. The molecule has 1 unspecified atom stereocenters. The molecule has 6 nitrogen and oxygen atoms in total. The number of anilines is 1. The van der Waals surface area contributed by atoms with Gasteiger partial charge in [0.1, 0.15) is 5.82 Å². The standard InChI is InChI=1S/C33H34F7N3O3/c1-21(22-17-24(32(35,36)37)19-25(18-22)33(38,39)40)30(46)42-31(23-5-3-2-4-6-23)13-11-28(12-14-31)43(15-16-44)20-29(45)41-27-9-7-26(34)8-10-27/h2-10,17-19,21,28,44H,11-16,20H2,1H3,(H,41,45)(H,42,46)/t21?,28-,31-. The van der Waals surface area contributed by atoms with Crippen LogP contribution in [0.2, 0.25) is 0 Å². The molecule has 3 aromatic carbocycles. The number of aliphatic hydroxyl groups is 1. The van der Waals surface area contributed by atoms with Crippen LogP contribution in [0.15, 0.2) is 72.8 Å². The van der Waals surface area contributed by atoms with Crippen molar-refractivity contribution in [3.05, 3.63) is 101 Å². The summed E-state index contributed by atoms with van der Waals surface area (Å²) in [7, 11) is 0. The van der Waals surface area contributed by atoms with Crippen LogP contribution in [0.3, 0.4) is 0 Å². The molecule has 0 heterocycles. The van der Waals surface area contributed by atoms with Crippen molar-refractivity contribution in [1.82, 2.24) is 10.2 Å². The van der Waals surface area contributed by atoms with Crippen molar-refractivity contribution in [3.8, 4) is 0 Å². The van der Waals surface area contributed by atoms with E-state index in [4.69, 9.17) is 0 Å². The molecule has 0 aliphatic heterocycles. The van der Waals surface area contributed by atoms with E-state index in [9.17, 15) is 45.4 Å². The smallest absolute Gasteiger partial charge is 0.395 e. The Balaban J connectivity index is 1.53. The molecule has 2 amide bonds. The zero-order valence-electron chi connectivity index (χ0n) is 24.9. The molecule has 1 aliphatic carbocycles. The van der Waals surface area contributed by atoms with Gasteiger partial charge in [0, 0.05) is 18.3 Å². The van der Waals surface area contributed by atoms with Crippen molar-refractivity contribution in [3.63, 3.8) is 0 Å². The van der Waals surface area contributed by atoms with Gasteiger partial charge in [-0.2, -0.15) is 26.3 Å². The molecule has 4 rings (SSSR count). The average molecular weight is 654 g/mol. The molecule has 13 heteroatoms. The lowest BCUT2D eigenvalue weighted by Crippen LogP contribution is -2.53. The predicted octanol–water partition coefficient (Wildman–Crippen LogP) is 6.85. The third kappa shape index (κ3) is 8.64. The number of alkyl halides is 6. The molecule has 3 aromatic rings. The molecule has 1 fully saturated rings. The first kappa shape index (κ1) is 34.9. The maximum Gasteiger partial charge on any atom is 0.416 e. The van der Waals surface area contributed by atoms with E-state index < -0.39 is 52.2 Å². The number of amides is 2. The Morgan fingerprint density at radius 3 is 2.00 bits per heavy atom. The summed E-state index contributed by atoms with van der Waals surface area (Å²) >= 11 is 0. The van der Waals surface area contributed by atoms with Crippen LogP contribution in [0.1, 0.15) is 60.8 Å². The zero-order valence-corrected chi connectivity index (χ0v) is 24.9. The number of nitrogens with one attached hydrogen (secondary N) is 2. The number of rotatable bonds is 10. The summed E-state index contributed by atoms with van der Waals surface area (Å²) in [6.45, 7) is 1.15. The zero-order chi connectivity index (χ0) is 33.7. The van der Waals surface area contributed by atoms with Gasteiger partial charge in [0.25, 0.3) is 0 Å². The molecule has 0 aromatic heterocycles. The van der Waals surface area contributed by atoms with Gasteiger partial charge in [0.15, 0.2) is 0 Å². The Morgan fingerprint density at radius 2 is 1.48 bits per heavy atom. The third-order valence-electron chi connectivity index (χ3n) is 8.38. The minimum atomic E-state index is -5.05. The summed E-state index contributed by atoms with van der Waals surface area (Å²) in [5.41, 5.74) is -3.28. The van der Waals surface area contributed by atoms with E-state index in [0.29, 0.717) is 43.5 Å². The molecule has 248 valence electrons. The molecule has 1 atom stereocenters. The van der Waals surface area contributed by atoms with Crippen molar-refractivity contribution in [2.24, 2.45) is 0 Å². The van der Waals surface area contributed by atoms with Crippen molar-refractivity contribution in [2.75, 3.05) is 25.0 Å². The van der Waals surface area contributed by atoms with Gasteiger partial charge in [-0.3, -0.25) is 14.5 Å². The lowest BCUT2D eigenvalue weighted by atomic mass is 9.74. The van der Waals surface area contributed by atoms with E-state index in [2.05, 4.69) is 10.6 Å². The van der Waals surface area contributed by atoms with Gasteiger partial charge in [-0.1, -0.05) is 30.3 Å². The first-order valence-corrected chi connectivity index (χ1v) is 14.7. The fourth-order valence-electron chi connectivity index (χ4n) is 5.87. The second-order valence-electron chi connectivity index (χ2n) is 11.5. The molecule has 1 saturated carbocycles. The average Bonchev–Trinajstić information content (AvgIpc) is 3.01. The molecule has 0 radical (unpaired) electrons. The normalized spacial score (nSPS) is 19.5. The number of carbonyl (C=O) groups excluding carboxylic acids is 2. The second kappa shape index (κ2) is 14.2. The van der Waals surface area contributed by atoms with E-state index in [1.54, 1.807) is 35.2 Å². The summed E-state index contributed by atoms with van der Waals surface area (Å²) in [6, 6.07) is 15.1. The van der Waals surface area contributed by atoms with E-state index in [0.717, 1.165) is 5.56 Å². The molecule has 0 spiro atoms. The van der Waals surface area contributed by atoms with Crippen LogP contribution in [0.5, 0.6) is 0 Å². The first-order valence-electron chi connectivity index (χ1n) is 14.7. The number of hydrogen-bond acceptors (Lipinski definition) is 4. The molecular formula is C33H34F7N3O3. The van der Waals surface area contributed by atoms with Gasteiger partial charge in [-0.15, -0.1) is 0 Å². The molecule has 46 heavy (non-hydrogen) atoms. The highest BCUT2D eigenvalue weighted by Gasteiger charge is 2.42. The number of hydrogen-bond donors (Lipinski definition) is 3. The molecule has 0 bridgehead atoms. The highest BCUT2D eigenvalue weighted by molar-refractivity contribution is 5.92. The number of halogens is 7. The third-order valence-corrected chi connectivity index (χ3v) is 8.38. The topological polar surface area (TPSA) is 81.7 Å². The van der Waals surface area contributed by atoms with Gasteiger partial charge in [-0.05, 0) is 86.2 Å². The van der Waals surface area contributed by atoms with Gasteiger partial charge >= 0.3 is 12.4 Å². The van der Waals surface area contributed by atoms with Crippen LogP contribution in [0.4, 0.5) is 36.4 Å². The fraction of sp³-hybridized carbons (Fsp3) is 0.394. The highest BCUT2D eigenvalue weighted by Crippen LogP contribution is 2.41. The fourth-order valence-corrected chi connectivity index (χ4v) is 5.87. The first-order chi connectivity index (χ1) is 21.6. The van der Waals surface area contributed by atoms with E-state index in [-0.39, 0.29) is 37.7 Å². The van der Waals surface area contributed by atoms with Crippen molar-refractivity contribution >= 4 is 17.5 Å². The summed E-state index contributed by atoms with van der Waals surface area (Å²) in [6.07, 6.45) is -8.50. The predicted molar refractivity (Wildman–Crippen MR) is 157 cm³/mol. The minimum Gasteiger partial charge on any atom is -0.395 e. The van der Waals surface area contributed by atoms with E-state index in [1.807, 2.05) is 0 Å². The van der Waals surface area contributed by atoms with Crippen molar-refractivity contribution in [2.45, 2.75) is 62.5 Å². The van der Waals surface area contributed by atoms with Crippen LogP contribution in [-0.2, 0) is 27.5 Å². The number of benzene rings is 3. The Hall–Kier alpha value is -3.97.